The van der Waals surface area contributed by atoms with Crippen molar-refractivity contribution in [3.8, 4) is 11.1 Å². The maximum absolute atomic E-state index is 5.76. The van der Waals surface area contributed by atoms with Crippen LogP contribution in [-0.2, 0) is 17.6 Å². The summed E-state index contributed by atoms with van der Waals surface area (Å²) in [4.78, 5) is 5.32. The molecule has 0 spiro atoms. The van der Waals surface area contributed by atoms with E-state index in [1.807, 2.05) is 0 Å². The van der Waals surface area contributed by atoms with Crippen molar-refractivity contribution >= 4 is 10.8 Å². The molecule has 2 aliphatic rings. The molecule has 2 fully saturated rings. The van der Waals surface area contributed by atoms with Crippen LogP contribution in [-0.4, -0.2) is 18.2 Å². The fraction of sp³-hybridized carbons (Fsp3) is 0.500. The van der Waals surface area contributed by atoms with Crippen molar-refractivity contribution in [1.29, 1.82) is 0 Å². The highest BCUT2D eigenvalue weighted by Crippen LogP contribution is 2.37. The second-order valence-corrected chi connectivity index (χ2v) is 10.2. The first-order valence-corrected chi connectivity index (χ1v) is 12.7. The van der Waals surface area contributed by atoms with Gasteiger partial charge in [-0.15, -0.1) is 0 Å². The summed E-state index contributed by atoms with van der Waals surface area (Å²) in [6.07, 6.45) is 8.80. The van der Waals surface area contributed by atoms with Gasteiger partial charge in [-0.3, -0.25) is 4.98 Å². The van der Waals surface area contributed by atoms with Gasteiger partial charge in [0.2, 0.25) is 0 Å². The Kier molecular flexibility index (Phi) is 6.33. The normalized spacial score (nSPS) is 22.0. The molecule has 1 saturated carbocycles. The molecular weight excluding hydrogens is 390 g/mol. The Labute approximate surface area is 193 Å². The molecule has 2 aromatic carbocycles. The van der Waals surface area contributed by atoms with E-state index in [-0.39, 0.29) is 0 Å². The molecule has 2 atom stereocenters. The lowest BCUT2D eigenvalue weighted by Gasteiger charge is -2.30. The topological polar surface area (TPSA) is 22.1 Å². The van der Waals surface area contributed by atoms with Gasteiger partial charge in [0.15, 0.2) is 0 Å². The van der Waals surface area contributed by atoms with Gasteiger partial charge < -0.3 is 4.74 Å². The molecule has 0 radical (unpaired) electrons. The predicted octanol–water partition coefficient (Wildman–Crippen LogP) is 7.65. The summed E-state index contributed by atoms with van der Waals surface area (Å²) >= 11 is 0. The highest BCUT2D eigenvalue weighted by Gasteiger charge is 2.27. The van der Waals surface area contributed by atoms with Gasteiger partial charge in [-0.25, -0.2) is 0 Å². The average molecular weight is 428 g/mol. The van der Waals surface area contributed by atoms with Crippen LogP contribution in [0.5, 0.6) is 0 Å². The molecule has 3 aromatic rings. The first kappa shape index (κ1) is 21.6. The number of pyridine rings is 1. The second-order valence-electron chi connectivity index (χ2n) is 10.2. The summed E-state index contributed by atoms with van der Waals surface area (Å²) < 4.78 is 5.76. The number of fused-ring (bicyclic) bond motifs is 1. The Balaban J connectivity index is 1.60. The van der Waals surface area contributed by atoms with Crippen LogP contribution >= 0.6 is 0 Å². The fourth-order valence-electron chi connectivity index (χ4n) is 5.94. The highest BCUT2D eigenvalue weighted by molar-refractivity contribution is 5.89. The van der Waals surface area contributed by atoms with Gasteiger partial charge in [0.1, 0.15) is 0 Å². The van der Waals surface area contributed by atoms with E-state index in [1.54, 1.807) is 0 Å². The molecule has 0 bridgehead atoms. The largest absolute Gasteiger partial charge is 0.381 e. The van der Waals surface area contributed by atoms with E-state index in [2.05, 4.69) is 63.2 Å². The van der Waals surface area contributed by atoms with Crippen molar-refractivity contribution < 1.29 is 4.74 Å². The van der Waals surface area contributed by atoms with E-state index in [9.17, 15) is 0 Å². The lowest BCUT2D eigenvalue weighted by atomic mass is 9.84. The molecule has 0 N–H and O–H groups in total. The van der Waals surface area contributed by atoms with Crippen LogP contribution in [0.4, 0.5) is 0 Å². The van der Waals surface area contributed by atoms with Gasteiger partial charge in [0.25, 0.3) is 0 Å². The molecule has 0 amide bonds. The number of rotatable bonds is 5. The van der Waals surface area contributed by atoms with E-state index in [4.69, 9.17) is 9.72 Å². The number of nitrogens with zero attached hydrogens (tertiary/aromatic N) is 1. The fourth-order valence-corrected chi connectivity index (χ4v) is 5.94. The van der Waals surface area contributed by atoms with Crippen molar-refractivity contribution in [2.45, 2.75) is 71.6 Å². The highest BCUT2D eigenvalue weighted by atomic mass is 16.5. The molecule has 32 heavy (non-hydrogen) atoms. The van der Waals surface area contributed by atoms with Gasteiger partial charge in [-0.1, -0.05) is 69.9 Å². The third-order valence-corrected chi connectivity index (χ3v) is 7.94. The summed E-state index contributed by atoms with van der Waals surface area (Å²) in [6.45, 7) is 8.49. The zero-order chi connectivity index (χ0) is 22.1. The van der Waals surface area contributed by atoms with Crippen molar-refractivity contribution in [3.63, 3.8) is 0 Å². The standard InChI is InChI=1S/C30H37NO/c1-4-23-16-24(10-9-20(23)2)25-11-12-29-26(17-25)18-27(15-22-7-5-6-8-22)31-30(29)28-13-14-32-19-21(28)3/h9-12,16-18,21-22,28H,4-8,13-15,19H2,1-3H3/t21-,28?/m0/s1. The van der Waals surface area contributed by atoms with Crippen molar-refractivity contribution in [2.75, 3.05) is 13.2 Å². The first-order valence-electron chi connectivity index (χ1n) is 12.7. The number of aromatic nitrogens is 1. The molecule has 168 valence electrons. The van der Waals surface area contributed by atoms with Gasteiger partial charge in [-0.05, 0) is 77.8 Å². The Morgan fingerprint density at radius 1 is 0.969 bits per heavy atom. The maximum Gasteiger partial charge on any atom is 0.0520 e. The number of benzene rings is 2. The Bertz CT molecular complexity index is 1100. The van der Waals surface area contributed by atoms with Crippen LogP contribution in [0.2, 0.25) is 0 Å². The van der Waals surface area contributed by atoms with Crippen LogP contribution in [0.15, 0.2) is 42.5 Å². The Morgan fingerprint density at radius 2 is 1.75 bits per heavy atom. The number of hydrogen-bond donors (Lipinski definition) is 0. The minimum absolute atomic E-state index is 0.492. The minimum atomic E-state index is 0.492. The van der Waals surface area contributed by atoms with Gasteiger partial charge in [-0.2, -0.15) is 0 Å². The van der Waals surface area contributed by atoms with Gasteiger partial charge in [0, 0.05) is 30.2 Å². The number of aryl methyl sites for hydroxylation is 2. The van der Waals surface area contributed by atoms with E-state index >= 15 is 0 Å². The molecule has 1 unspecified atom stereocenters. The van der Waals surface area contributed by atoms with Crippen LogP contribution in [0.25, 0.3) is 21.9 Å². The summed E-state index contributed by atoms with van der Waals surface area (Å²) in [6, 6.07) is 16.4. The summed E-state index contributed by atoms with van der Waals surface area (Å²) in [5, 5.41) is 2.70. The second kappa shape index (κ2) is 9.35. The van der Waals surface area contributed by atoms with Gasteiger partial charge >= 0.3 is 0 Å². The van der Waals surface area contributed by atoms with E-state index < -0.39 is 0 Å². The SMILES string of the molecule is CCc1cc(-c2ccc3c(C4CCOC[C@@H]4C)nc(CC4CCCC4)cc3c2)ccc1C. The molecule has 2 nitrogen and oxygen atoms in total. The lowest BCUT2D eigenvalue weighted by molar-refractivity contribution is 0.0466. The van der Waals surface area contributed by atoms with Crippen LogP contribution in [0.3, 0.4) is 0 Å². The third kappa shape index (κ3) is 4.35. The molecule has 5 rings (SSSR count). The summed E-state index contributed by atoms with van der Waals surface area (Å²) in [5.41, 5.74) is 8.08. The average Bonchev–Trinajstić information content (AvgIpc) is 3.32. The molecule has 2 heteroatoms. The third-order valence-electron chi connectivity index (χ3n) is 7.94. The molecule has 2 heterocycles. The monoisotopic (exact) mass is 427 g/mol. The van der Waals surface area contributed by atoms with Crippen LogP contribution < -0.4 is 0 Å². The molecule has 1 aliphatic heterocycles. The smallest absolute Gasteiger partial charge is 0.0520 e. The van der Waals surface area contributed by atoms with Gasteiger partial charge in [0.05, 0.1) is 5.69 Å². The number of ether oxygens (including phenoxy) is 1. The number of hydrogen-bond acceptors (Lipinski definition) is 2. The lowest BCUT2D eigenvalue weighted by Crippen LogP contribution is -2.25. The van der Waals surface area contributed by atoms with Crippen LogP contribution in [0, 0.1) is 18.8 Å². The summed E-state index contributed by atoms with van der Waals surface area (Å²) in [5.74, 6) is 1.82. The minimum Gasteiger partial charge on any atom is -0.381 e. The van der Waals surface area contributed by atoms with Crippen molar-refractivity contribution in [2.24, 2.45) is 11.8 Å². The predicted molar refractivity (Wildman–Crippen MR) is 134 cm³/mol. The van der Waals surface area contributed by atoms with E-state index in [1.165, 1.54) is 70.1 Å². The van der Waals surface area contributed by atoms with Crippen LogP contribution in [0.1, 0.15) is 74.4 Å². The Hall–Kier alpha value is -2.19. The Morgan fingerprint density at radius 3 is 2.53 bits per heavy atom. The van der Waals surface area contributed by atoms with Crippen molar-refractivity contribution in [3.05, 3.63) is 65.0 Å². The zero-order valence-corrected chi connectivity index (χ0v) is 20.0. The van der Waals surface area contributed by atoms with Crippen molar-refractivity contribution in [1.82, 2.24) is 4.98 Å². The molecule has 1 aliphatic carbocycles. The van der Waals surface area contributed by atoms with E-state index in [0.717, 1.165) is 38.4 Å². The first-order chi connectivity index (χ1) is 15.6. The maximum atomic E-state index is 5.76. The summed E-state index contributed by atoms with van der Waals surface area (Å²) in [7, 11) is 0. The zero-order valence-electron chi connectivity index (χ0n) is 20.0. The quantitative estimate of drug-likeness (QED) is 0.417. The van der Waals surface area contributed by atoms with E-state index in [0.29, 0.717) is 11.8 Å². The molecule has 1 aromatic heterocycles. The molecular formula is C30H37NO. The molecule has 1 saturated heterocycles.